The zero-order valence-electron chi connectivity index (χ0n) is 22.8. The number of carbonyl (C=O) groups excluding carboxylic acids is 1. The Hall–Kier alpha value is -3.50. The van der Waals surface area contributed by atoms with E-state index < -0.39 is 5.91 Å². The topological polar surface area (TPSA) is 87.5 Å². The maximum atomic E-state index is 12.8. The highest BCUT2D eigenvalue weighted by Gasteiger charge is 2.19. The molecule has 0 atom stereocenters. The largest absolute Gasteiger partial charge is 0.494 e. The van der Waals surface area contributed by atoms with Crippen LogP contribution in [0.4, 0.5) is 23.0 Å². The van der Waals surface area contributed by atoms with Gasteiger partial charge >= 0.3 is 0 Å². The fourth-order valence-corrected chi connectivity index (χ4v) is 4.44. The number of hydrogen-bond donors (Lipinski definition) is 2. The lowest BCUT2D eigenvalue weighted by Crippen LogP contribution is -2.29. The Bertz CT molecular complexity index is 1570. The number of methoxy groups -OCH3 is 1. The highest BCUT2D eigenvalue weighted by Crippen LogP contribution is 2.39. The maximum absolute atomic E-state index is 12.8. The van der Waals surface area contributed by atoms with Crippen LogP contribution in [0.1, 0.15) is 0 Å². The van der Waals surface area contributed by atoms with Crippen molar-refractivity contribution in [1.82, 2.24) is 19.4 Å². The number of benzene rings is 2. The first-order valence-electron chi connectivity index (χ1n) is 12.3. The molecular weight excluding hydrogens is 573 g/mol. The van der Waals surface area contributed by atoms with Gasteiger partial charge in [0.1, 0.15) is 15.3 Å². The number of amides is 1. The molecule has 40 heavy (non-hydrogen) atoms. The molecule has 0 aliphatic carbocycles. The summed E-state index contributed by atoms with van der Waals surface area (Å²) in [5, 5.41) is 6.82. The lowest BCUT2D eigenvalue weighted by molar-refractivity contribution is -0.112. The first kappa shape index (κ1) is 29.5. The number of halogens is 3. The van der Waals surface area contributed by atoms with E-state index in [-0.39, 0.29) is 9.52 Å². The molecule has 2 heterocycles. The van der Waals surface area contributed by atoms with Crippen molar-refractivity contribution in [3.63, 3.8) is 0 Å². The van der Waals surface area contributed by atoms with Gasteiger partial charge in [0.05, 0.1) is 29.9 Å². The quantitative estimate of drug-likeness (QED) is 0.209. The van der Waals surface area contributed by atoms with Gasteiger partial charge in [-0.15, -0.1) is 0 Å². The molecule has 2 aromatic carbocycles. The number of aromatic nitrogens is 3. The van der Waals surface area contributed by atoms with E-state index in [9.17, 15) is 4.79 Å². The number of carbonyl (C=O) groups is 1. The van der Waals surface area contributed by atoms with E-state index in [1.54, 1.807) is 19.4 Å². The van der Waals surface area contributed by atoms with Crippen LogP contribution in [0.2, 0.25) is 0 Å². The minimum Gasteiger partial charge on any atom is -0.494 e. The van der Waals surface area contributed by atoms with Crippen molar-refractivity contribution in [2.45, 2.75) is 0 Å². The third-order valence-electron chi connectivity index (χ3n) is 6.30. The summed E-state index contributed by atoms with van der Waals surface area (Å²) in [7, 11) is 9.47. The monoisotopic (exact) mass is 601 g/mol. The Labute approximate surface area is 248 Å². The van der Waals surface area contributed by atoms with Crippen molar-refractivity contribution in [2.75, 3.05) is 56.9 Å². The predicted octanol–water partition coefficient (Wildman–Crippen LogP) is 6.21. The van der Waals surface area contributed by atoms with Gasteiger partial charge in [-0.25, -0.2) is 9.97 Å². The lowest BCUT2D eigenvalue weighted by Gasteiger charge is -2.26. The molecule has 12 heteroatoms. The van der Waals surface area contributed by atoms with Crippen LogP contribution in [0, 0.1) is 0 Å². The molecule has 0 bridgehead atoms. The Morgan fingerprint density at radius 1 is 1.05 bits per heavy atom. The number of likely N-dealkylation sites (N-methyl/N-ethyl adjacent to an activating group) is 2. The second-order valence-electron chi connectivity index (χ2n) is 9.38. The molecule has 4 rings (SSSR count). The number of hydrogen-bond acceptors (Lipinski definition) is 7. The summed E-state index contributed by atoms with van der Waals surface area (Å²) in [5.74, 6) is 0.242. The third kappa shape index (κ3) is 6.62. The van der Waals surface area contributed by atoms with E-state index in [0.29, 0.717) is 35.3 Å². The van der Waals surface area contributed by atoms with Crippen molar-refractivity contribution in [1.29, 1.82) is 0 Å². The van der Waals surface area contributed by atoms with Crippen LogP contribution in [0.15, 0.2) is 64.4 Å². The summed E-state index contributed by atoms with van der Waals surface area (Å²) in [6.45, 7) is 1.47. The molecule has 2 aromatic heterocycles. The molecule has 0 saturated carbocycles. The van der Waals surface area contributed by atoms with Gasteiger partial charge in [-0.1, -0.05) is 53.0 Å². The van der Waals surface area contributed by atoms with E-state index in [1.165, 1.54) is 0 Å². The predicted molar refractivity (Wildman–Crippen MR) is 165 cm³/mol. The van der Waals surface area contributed by atoms with E-state index in [4.69, 9.17) is 44.5 Å². The SMILES string of the molecule is COc1cc(N(C)CCN(C)C)c(NC(=O)C(Cl)=C(Cl)Cl)cc1Nc1nccc(-c2cn(C)c3ccccc23)n1. The Morgan fingerprint density at radius 3 is 2.50 bits per heavy atom. The molecule has 0 unspecified atom stereocenters. The van der Waals surface area contributed by atoms with Gasteiger partial charge in [-0.05, 0) is 32.3 Å². The fourth-order valence-electron chi connectivity index (χ4n) is 4.22. The minimum absolute atomic E-state index is 0.318. The molecule has 0 saturated heterocycles. The van der Waals surface area contributed by atoms with Gasteiger partial charge in [0.15, 0.2) is 0 Å². The third-order valence-corrected chi connectivity index (χ3v) is 7.23. The highest BCUT2D eigenvalue weighted by molar-refractivity contribution is 6.63. The number of nitrogens with one attached hydrogen (secondary N) is 2. The molecule has 4 aromatic rings. The Kier molecular flexibility index (Phi) is 9.42. The second kappa shape index (κ2) is 12.8. The molecule has 9 nitrogen and oxygen atoms in total. The first-order chi connectivity index (χ1) is 19.1. The van der Waals surface area contributed by atoms with Crippen molar-refractivity contribution in [3.05, 3.63) is 64.4 Å². The molecule has 0 aliphatic heterocycles. The number of rotatable bonds is 10. The second-order valence-corrected chi connectivity index (χ2v) is 10.7. The number of aryl methyl sites for hydroxylation is 1. The van der Waals surface area contributed by atoms with Gasteiger partial charge < -0.3 is 29.7 Å². The Morgan fingerprint density at radius 2 is 1.80 bits per heavy atom. The van der Waals surface area contributed by atoms with Gasteiger partial charge in [0, 0.05) is 62.1 Å². The molecule has 0 aliphatic rings. The molecular formula is C28H30Cl3N7O2. The summed E-state index contributed by atoms with van der Waals surface area (Å²) in [4.78, 5) is 26.0. The summed E-state index contributed by atoms with van der Waals surface area (Å²) >= 11 is 17.5. The summed E-state index contributed by atoms with van der Waals surface area (Å²) in [5.41, 5.74) is 4.56. The maximum Gasteiger partial charge on any atom is 0.269 e. The number of anilines is 4. The normalized spacial score (nSPS) is 11.0. The summed E-state index contributed by atoms with van der Waals surface area (Å²) in [6.07, 6.45) is 3.74. The van der Waals surface area contributed by atoms with Crippen LogP contribution in [-0.4, -0.2) is 66.7 Å². The van der Waals surface area contributed by atoms with E-state index in [2.05, 4.69) is 37.2 Å². The van der Waals surface area contributed by atoms with Crippen LogP contribution < -0.4 is 20.3 Å². The van der Waals surface area contributed by atoms with Crippen LogP contribution in [-0.2, 0) is 11.8 Å². The van der Waals surface area contributed by atoms with Gasteiger partial charge in [-0.2, -0.15) is 0 Å². The van der Waals surface area contributed by atoms with Crippen LogP contribution in [0.25, 0.3) is 22.2 Å². The number of fused-ring (bicyclic) bond motifs is 1. The van der Waals surface area contributed by atoms with E-state index >= 15 is 0 Å². The molecule has 0 fully saturated rings. The van der Waals surface area contributed by atoms with Gasteiger partial charge in [0.25, 0.3) is 5.91 Å². The number of ether oxygens (including phenoxy) is 1. The van der Waals surface area contributed by atoms with Crippen LogP contribution in [0.3, 0.4) is 0 Å². The minimum atomic E-state index is -0.644. The summed E-state index contributed by atoms with van der Waals surface area (Å²) < 4.78 is 7.45. The van der Waals surface area contributed by atoms with E-state index in [0.717, 1.165) is 28.7 Å². The number of nitrogens with zero attached hydrogens (tertiary/aromatic N) is 5. The average Bonchev–Trinajstić information content (AvgIpc) is 3.28. The van der Waals surface area contributed by atoms with Crippen molar-refractivity contribution >= 4 is 74.6 Å². The van der Waals surface area contributed by atoms with Gasteiger partial charge in [0.2, 0.25) is 5.95 Å². The average molecular weight is 603 g/mol. The molecule has 210 valence electrons. The zero-order valence-corrected chi connectivity index (χ0v) is 25.1. The highest BCUT2D eigenvalue weighted by atomic mass is 35.5. The Balaban J connectivity index is 1.73. The van der Waals surface area contributed by atoms with Crippen LogP contribution in [0.5, 0.6) is 5.75 Å². The fraction of sp³-hybridized carbons (Fsp3) is 0.250. The standard InChI is InChI=1S/C28H30Cl3N7O2/c1-36(2)12-13-37(3)23-15-24(40-5)21(14-20(23)33-27(39)25(29)26(30)31)35-28-32-11-10-19(34-28)18-16-38(4)22-9-7-6-8-17(18)22/h6-11,14-16H,12-13H2,1-5H3,(H,33,39)(H,32,34,35). The van der Waals surface area contributed by atoms with Crippen molar-refractivity contribution in [3.8, 4) is 17.0 Å². The smallest absolute Gasteiger partial charge is 0.269 e. The molecule has 1 amide bonds. The lowest BCUT2D eigenvalue weighted by atomic mass is 10.1. The molecule has 0 spiro atoms. The van der Waals surface area contributed by atoms with Crippen molar-refractivity contribution in [2.24, 2.45) is 7.05 Å². The van der Waals surface area contributed by atoms with Crippen LogP contribution >= 0.6 is 34.8 Å². The number of para-hydroxylation sites is 1. The first-order valence-corrected chi connectivity index (χ1v) is 13.5. The van der Waals surface area contributed by atoms with E-state index in [1.807, 2.05) is 63.6 Å². The summed E-state index contributed by atoms with van der Waals surface area (Å²) in [6, 6.07) is 13.6. The molecule has 2 N–H and O–H groups in total. The van der Waals surface area contributed by atoms with Gasteiger partial charge in [-0.3, -0.25) is 4.79 Å². The molecule has 0 radical (unpaired) electrons. The van der Waals surface area contributed by atoms with Crippen molar-refractivity contribution < 1.29 is 9.53 Å². The zero-order chi connectivity index (χ0) is 29.0.